The molecule has 1 heterocycles. The van der Waals surface area contributed by atoms with Crippen molar-refractivity contribution in [3.63, 3.8) is 0 Å². The lowest BCUT2D eigenvalue weighted by Gasteiger charge is -2.11. The summed E-state index contributed by atoms with van der Waals surface area (Å²) in [5.41, 5.74) is 2.69. The van der Waals surface area contributed by atoms with Crippen LogP contribution in [0.5, 0.6) is 0 Å². The Balaban J connectivity index is 2.39. The van der Waals surface area contributed by atoms with Crippen molar-refractivity contribution in [2.24, 2.45) is 5.92 Å². The molecular weight excluding hydrogens is 254 g/mol. The first kappa shape index (κ1) is 14.2. The Morgan fingerprint density at radius 3 is 2.75 bits per heavy atom. The van der Waals surface area contributed by atoms with Crippen LogP contribution in [0.15, 0.2) is 24.3 Å². The Bertz CT molecular complexity index is 638. The summed E-state index contributed by atoms with van der Waals surface area (Å²) in [5, 5.41) is 15.1. The smallest absolute Gasteiger partial charge is 0.270 e. The summed E-state index contributed by atoms with van der Waals surface area (Å²) < 4.78 is 0. The zero-order valence-electron chi connectivity index (χ0n) is 12.0. The molecule has 0 aliphatic carbocycles. The number of non-ortho nitro benzene ring substituents is 1. The quantitative estimate of drug-likeness (QED) is 0.662. The molecule has 0 spiro atoms. The second kappa shape index (κ2) is 5.86. The van der Waals surface area contributed by atoms with Crippen molar-refractivity contribution >= 4 is 22.3 Å². The van der Waals surface area contributed by atoms with Gasteiger partial charge < -0.3 is 5.32 Å². The number of pyridine rings is 1. The number of aromatic nitrogens is 1. The van der Waals surface area contributed by atoms with Crippen LogP contribution in [0.1, 0.15) is 26.0 Å². The third-order valence-electron chi connectivity index (χ3n) is 3.17. The Labute approximate surface area is 118 Å². The maximum atomic E-state index is 10.9. The van der Waals surface area contributed by atoms with E-state index in [0.717, 1.165) is 35.2 Å². The minimum Gasteiger partial charge on any atom is -0.384 e. The number of aryl methyl sites for hydroxylation is 1. The first-order valence-electron chi connectivity index (χ1n) is 6.77. The van der Waals surface area contributed by atoms with E-state index in [-0.39, 0.29) is 10.6 Å². The van der Waals surface area contributed by atoms with Crippen molar-refractivity contribution < 1.29 is 4.92 Å². The van der Waals surface area contributed by atoms with Crippen molar-refractivity contribution in [2.45, 2.75) is 27.2 Å². The van der Waals surface area contributed by atoms with Crippen LogP contribution in [-0.2, 0) is 0 Å². The van der Waals surface area contributed by atoms with Gasteiger partial charge in [0, 0.05) is 35.4 Å². The van der Waals surface area contributed by atoms with Crippen LogP contribution in [0.3, 0.4) is 0 Å². The van der Waals surface area contributed by atoms with Gasteiger partial charge in [0.25, 0.3) is 5.69 Å². The zero-order valence-corrected chi connectivity index (χ0v) is 12.0. The molecule has 0 saturated heterocycles. The Morgan fingerprint density at radius 2 is 2.10 bits per heavy atom. The predicted octanol–water partition coefficient (Wildman–Crippen LogP) is 3.91. The number of nitrogens with zero attached hydrogens (tertiary/aromatic N) is 2. The molecule has 106 valence electrons. The third kappa shape index (κ3) is 3.23. The van der Waals surface area contributed by atoms with Crippen LogP contribution < -0.4 is 5.32 Å². The molecule has 0 aliphatic rings. The molecule has 5 heteroatoms. The minimum absolute atomic E-state index is 0.0927. The van der Waals surface area contributed by atoms with Gasteiger partial charge in [-0.25, -0.2) is 0 Å². The van der Waals surface area contributed by atoms with E-state index in [1.165, 1.54) is 6.07 Å². The van der Waals surface area contributed by atoms with Gasteiger partial charge in [0.1, 0.15) is 0 Å². The highest BCUT2D eigenvalue weighted by atomic mass is 16.6. The van der Waals surface area contributed by atoms with Crippen molar-refractivity contribution in [2.75, 3.05) is 11.9 Å². The van der Waals surface area contributed by atoms with Gasteiger partial charge in [0.15, 0.2) is 0 Å². The molecule has 0 radical (unpaired) electrons. The number of nitrogens with one attached hydrogen (secondary N) is 1. The number of hydrogen-bond donors (Lipinski definition) is 1. The first-order chi connectivity index (χ1) is 9.47. The van der Waals surface area contributed by atoms with E-state index in [4.69, 9.17) is 0 Å². The summed E-state index contributed by atoms with van der Waals surface area (Å²) in [6.07, 6.45) is 1.05. The predicted molar refractivity (Wildman–Crippen MR) is 81.1 cm³/mol. The molecule has 0 unspecified atom stereocenters. The molecule has 1 aromatic carbocycles. The van der Waals surface area contributed by atoms with Crippen molar-refractivity contribution in [1.82, 2.24) is 4.98 Å². The molecule has 2 rings (SSSR count). The van der Waals surface area contributed by atoms with Gasteiger partial charge >= 0.3 is 0 Å². The van der Waals surface area contributed by atoms with E-state index in [1.807, 2.05) is 13.0 Å². The zero-order chi connectivity index (χ0) is 14.7. The fourth-order valence-electron chi connectivity index (χ4n) is 2.10. The molecule has 0 fully saturated rings. The van der Waals surface area contributed by atoms with Gasteiger partial charge in [0.05, 0.1) is 10.4 Å². The lowest BCUT2D eigenvalue weighted by Crippen LogP contribution is -2.06. The van der Waals surface area contributed by atoms with Gasteiger partial charge in [-0.05, 0) is 31.4 Å². The summed E-state index contributed by atoms with van der Waals surface area (Å²) >= 11 is 0. The van der Waals surface area contributed by atoms with Crippen LogP contribution in [0.25, 0.3) is 10.9 Å². The normalized spacial score (nSPS) is 11.0. The second-order valence-electron chi connectivity index (χ2n) is 5.38. The number of benzene rings is 1. The Morgan fingerprint density at radius 1 is 1.35 bits per heavy atom. The average molecular weight is 273 g/mol. The summed E-state index contributed by atoms with van der Waals surface area (Å²) in [6, 6.07) is 6.71. The third-order valence-corrected chi connectivity index (χ3v) is 3.17. The summed E-state index contributed by atoms with van der Waals surface area (Å²) in [7, 11) is 0. The number of anilines is 1. The van der Waals surface area contributed by atoms with Crippen LogP contribution >= 0.6 is 0 Å². The highest BCUT2D eigenvalue weighted by molar-refractivity contribution is 5.93. The van der Waals surface area contributed by atoms with E-state index < -0.39 is 0 Å². The van der Waals surface area contributed by atoms with E-state index >= 15 is 0 Å². The van der Waals surface area contributed by atoms with Gasteiger partial charge in [-0.15, -0.1) is 0 Å². The van der Waals surface area contributed by atoms with E-state index in [2.05, 4.69) is 24.1 Å². The molecule has 1 aromatic heterocycles. The number of fused-ring (bicyclic) bond motifs is 1. The topological polar surface area (TPSA) is 68.1 Å². The molecular formula is C15H19N3O2. The first-order valence-corrected chi connectivity index (χ1v) is 6.77. The number of rotatable bonds is 5. The van der Waals surface area contributed by atoms with Gasteiger partial charge in [-0.3, -0.25) is 15.1 Å². The fraction of sp³-hybridized carbons (Fsp3) is 0.400. The van der Waals surface area contributed by atoms with Gasteiger partial charge in [-0.2, -0.15) is 0 Å². The highest BCUT2D eigenvalue weighted by Gasteiger charge is 2.10. The summed E-state index contributed by atoms with van der Waals surface area (Å²) in [4.78, 5) is 14.9. The number of nitro groups is 1. The molecule has 20 heavy (non-hydrogen) atoms. The lowest BCUT2D eigenvalue weighted by molar-refractivity contribution is -0.384. The van der Waals surface area contributed by atoms with Crippen LogP contribution in [-0.4, -0.2) is 16.5 Å². The second-order valence-corrected chi connectivity index (χ2v) is 5.38. The van der Waals surface area contributed by atoms with E-state index in [1.54, 1.807) is 12.1 Å². The van der Waals surface area contributed by atoms with Crippen LogP contribution in [0, 0.1) is 23.0 Å². The molecule has 0 bridgehead atoms. The number of nitro benzene ring substituents is 1. The van der Waals surface area contributed by atoms with Gasteiger partial charge in [0.2, 0.25) is 0 Å². The molecule has 0 saturated carbocycles. The van der Waals surface area contributed by atoms with E-state index in [0.29, 0.717) is 5.92 Å². The number of hydrogen-bond acceptors (Lipinski definition) is 4. The maximum absolute atomic E-state index is 10.9. The Kier molecular flexibility index (Phi) is 4.17. The minimum atomic E-state index is -0.378. The molecule has 0 amide bonds. The Hall–Kier alpha value is -2.17. The van der Waals surface area contributed by atoms with Crippen molar-refractivity contribution in [3.8, 4) is 0 Å². The molecule has 0 atom stereocenters. The molecule has 1 N–H and O–H groups in total. The molecule has 0 aliphatic heterocycles. The van der Waals surface area contributed by atoms with Crippen molar-refractivity contribution in [3.05, 3.63) is 40.1 Å². The lowest BCUT2D eigenvalue weighted by atomic mass is 10.1. The molecule has 2 aromatic rings. The SMILES string of the molecule is Cc1cc(NCCC(C)C)c2cc([N+](=O)[O-])ccc2n1. The fourth-order valence-corrected chi connectivity index (χ4v) is 2.10. The van der Waals surface area contributed by atoms with Crippen LogP contribution in [0.2, 0.25) is 0 Å². The standard InChI is InChI=1S/C15H19N3O2/c1-10(2)6-7-16-15-8-11(3)17-14-5-4-12(18(19)20)9-13(14)15/h4-5,8-10H,6-7H2,1-3H3,(H,16,17). The average Bonchev–Trinajstić information content (AvgIpc) is 2.37. The summed E-state index contributed by atoms with van der Waals surface area (Å²) in [6.45, 7) is 7.11. The molecule has 5 nitrogen and oxygen atoms in total. The van der Waals surface area contributed by atoms with Crippen molar-refractivity contribution in [1.29, 1.82) is 0 Å². The van der Waals surface area contributed by atoms with E-state index in [9.17, 15) is 10.1 Å². The largest absolute Gasteiger partial charge is 0.384 e. The summed E-state index contributed by atoms with van der Waals surface area (Å²) in [5.74, 6) is 0.617. The highest BCUT2D eigenvalue weighted by Crippen LogP contribution is 2.27. The monoisotopic (exact) mass is 273 g/mol. The maximum Gasteiger partial charge on any atom is 0.270 e. The van der Waals surface area contributed by atoms with Crippen LogP contribution in [0.4, 0.5) is 11.4 Å². The van der Waals surface area contributed by atoms with Gasteiger partial charge in [-0.1, -0.05) is 13.8 Å².